The molecule has 0 saturated heterocycles. The van der Waals surface area contributed by atoms with Crippen LogP contribution in [0.2, 0.25) is 0 Å². The summed E-state index contributed by atoms with van der Waals surface area (Å²) in [7, 11) is 1.91. The van der Waals surface area contributed by atoms with E-state index in [2.05, 4.69) is 49.4 Å². The van der Waals surface area contributed by atoms with Crippen molar-refractivity contribution >= 4 is 37.8 Å². The van der Waals surface area contributed by atoms with Crippen LogP contribution in [0.15, 0.2) is 27.1 Å². The van der Waals surface area contributed by atoms with E-state index in [1.54, 1.807) is 0 Å². The van der Waals surface area contributed by atoms with Crippen molar-refractivity contribution < 1.29 is 4.79 Å². The second-order valence-corrected chi connectivity index (χ2v) is 5.77. The summed E-state index contributed by atoms with van der Waals surface area (Å²) in [6.07, 6.45) is 0. The van der Waals surface area contributed by atoms with E-state index in [-0.39, 0.29) is 5.91 Å². The van der Waals surface area contributed by atoms with Gasteiger partial charge in [0.05, 0.1) is 5.56 Å². The third-order valence-corrected chi connectivity index (χ3v) is 3.52. The van der Waals surface area contributed by atoms with Crippen molar-refractivity contribution in [2.45, 2.75) is 6.92 Å². The molecule has 17 heavy (non-hydrogen) atoms. The van der Waals surface area contributed by atoms with E-state index in [0.717, 1.165) is 15.5 Å². The third kappa shape index (κ3) is 4.77. The fourth-order valence-electron chi connectivity index (χ4n) is 1.45. The van der Waals surface area contributed by atoms with Crippen LogP contribution in [0.1, 0.15) is 17.3 Å². The van der Waals surface area contributed by atoms with Gasteiger partial charge in [0.25, 0.3) is 5.91 Å². The predicted octanol–water partition coefficient (Wildman–Crippen LogP) is 2.80. The van der Waals surface area contributed by atoms with E-state index in [4.69, 9.17) is 0 Å². The first-order chi connectivity index (χ1) is 8.04. The van der Waals surface area contributed by atoms with Crippen LogP contribution >= 0.6 is 31.9 Å². The lowest BCUT2D eigenvalue weighted by Gasteiger charge is -2.12. The number of rotatable bonds is 5. The Kier molecular flexibility index (Phi) is 6.16. The normalized spacial score (nSPS) is 12.2. The molecule has 0 aliphatic rings. The molecule has 1 amide bonds. The van der Waals surface area contributed by atoms with Gasteiger partial charge in [-0.1, -0.05) is 22.9 Å². The molecule has 1 atom stereocenters. The van der Waals surface area contributed by atoms with E-state index in [1.165, 1.54) is 0 Å². The SMILES string of the molecule is CNCC(C)CNC(=O)c1cc(Br)ccc1Br. The zero-order valence-corrected chi connectivity index (χ0v) is 13.1. The summed E-state index contributed by atoms with van der Waals surface area (Å²) in [5.74, 6) is 0.357. The summed E-state index contributed by atoms with van der Waals surface area (Å²) in [4.78, 5) is 11.9. The quantitative estimate of drug-likeness (QED) is 0.844. The van der Waals surface area contributed by atoms with Crippen molar-refractivity contribution in [3.05, 3.63) is 32.7 Å². The number of halogens is 2. The minimum Gasteiger partial charge on any atom is -0.352 e. The lowest BCUT2D eigenvalue weighted by molar-refractivity contribution is 0.0947. The van der Waals surface area contributed by atoms with Gasteiger partial charge in [-0.15, -0.1) is 0 Å². The number of benzene rings is 1. The van der Waals surface area contributed by atoms with Gasteiger partial charge >= 0.3 is 0 Å². The molecule has 3 nitrogen and oxygen atoms in total. The van der Waals surface area contributed by atoms with E-state index in [0.29, 0.717) is 18.0 Å². The highest BCUT2D eigenvalue weighted by atomic mass is 79.9. The Morgan fingerprint density at radius 2 is 2.06 bits per heavy atom. The molecule has 2 N–H and O–H groups in total. The van der Waals surface area contributed by atoms with Gasteiger partial charge in [0.1, 0.15) is 0 Å². The number of hydrogen-bond acceptors (Lipinski definition) is 2. The Labute approximate surface area is 119 Å². The average molecular weight is 364 g/mol. The number of hydrogen-bond donors (Lipinski definition) is 2. The lowest BCUT2D eigenvalue weighted by atomic mass is 10.1. The lowest BCUT2D eigenvalue weighted by Crippen LogP contribution is -2.32. The largest absolute Gasteiger partial charge is 0.352 e. The number of carbonyl (C=O) groups is 1. The fraction of sp³-hybridized carbons (Fsp3) is 0.417. The van der Waals surface area contributed by atoms with Gasteiger partial charge in [0.2, 0.25) is 0 Å². The van der Waals surface area contributed by atoms with Gasteiger partial charge in [-0.3, -0.25) is 4.79 Å². The minimum absolute atomic E-state index is 0.0545. The van der Waals surface area contributed by atoms with E-state index in [9.17, 15) is 4.79 Å². The second kappa shape index (κ2) is 7.13. The molecule has 1 aromatic rings. The Morgan fingerprint density at radius 3 is 2.71 bits per heavy atom. The molecule has 5 heteroatoms. The van der Waals surface area contributed by atoms with Gasteiger partial charge in [0, 0.05) is 15.5 Å². The average Bonchev–Trinajstić information content (AvgIpc) is 2.29. The van der Waals surface area contributed by atoms with E-state index >= 15 is 0 Å². The van der Waals surface area contributed by atoms with Crippen LogP contribution in [0.4, 0.5) is 0 Å². The highest BCUT2D eigenvalue weighted by Gasteiger charge is 2.11. The Hall–Kier alpha value is -0.390. The standard InChI is InChI=1S/C12H16Br2N2O/c1-8(6-15-2)7-16-12(17)10-5-9(13)3-4-11(10)14/h3-5,8,15H,6-7H2,1-2H3,(H,16,17). The van der Waals surface area contributed by atoms with Crippen LogP contribution in [-0.4, -0.2) is 26.0 Å². The maximum Gasteiger partial charge on any atom is 0.252 e. The van der Waals surface area contributed by atoms with Crippen molar-refractivity contribution in [3.8, 4) is 0 Å². The van der Waals surface area contributed by atoms with Crippen molar-refractivity contribution in [1.29, 1.82) is 0 Å². The summed E-state index contributed by atoms with van der Waals surface area (Å²) >= 11 is 6.73. The molecule has 0 heterocycles. The zero-order valence-electron chi connectivity index (χ0n) is 9.89. The predicted molar refractivity (Wildman–Crippen MR) is 77.3 cm³/mol. The summed E-state index contributed by atoms with van der Waals surface area (Å²) in [5.41, 5.74) is 0.649. The number of carbonyl (C=O) groups excluding carboxylic acids is 1. The molecule has 0 aliphatic carbocycles. The number of amides is 1. The van der Waals surface area contributed by atoms with Crippen LogP contribution in [0.25, 0.3) is 0 Å². The monoisotopic (exact) mass is 362 g/mol. The maximum absolute atomic E-state index is 11.9. The van der Waals surface area contributed by atoms with Crippen molar-refractivity contribution in [3.63, 3.8) is 0 Å². The van der Waals surface area contributed by atoms with Crippen LogP contribution in [0, 0.1) is 5.92 Å². The smallest absolute Gasteiger partial charge is 0.252 e. The van der Waals surface area contributed by atoms with E-state index in [1.807, 2.05) is 25.2 Å². The minimum atomic E-state index is -0.0545. The molecule has 1 unspecified atom stereocenters. The molecule has 0 spiro atoms. The molecule has 0 aliphatic heterocycles. The molecule has 0 aromatic heterocycles. The van der Waals surface area contributed by atoms with Gasteiger partial charge in [-0.25, -0.2) is 0 Å². The summed E-state index contributed by atoms with van der Waals surface area (Å²) in [6.45, 7) is 3.64. The van der Waals surface area contributed by atoms with Crippen molar-refractivity contribution in [2.24, 2.45) is 5.92 Å². The van der Waals surface area contributed by atoms with Crippen LogP contribution in [0.3, 0.4) is 0 Å². The third-order valence-electron chi connectivity index (χ3n) is 2.34. The van der Waals surface area contributed by atoms with Gasteiger partial charge < -0.3 is 10.6 Å². The fourth-order valence-corrected chi connectivity index (χ4v) is 2.24. The van der Waals surface area contributed by atoms with E-state index < -0.39 is 0 Å². The molecule has 0 radical (unpaired) electrons. The van der Waals surface area contributed by atoms with Crippen LogP contribution < -0.4 is 10.6 Å². The topological polar surface area (TPSA) is 41.1 Å². The Bertz CT molecular complexity index is 396. The molecule has 0 fully saturated rings. The first-order valence-electron chi connectivity index (χ1n) is 5.42. The first kappa shape index (κ1) is 14.7. The van der Waals surface area contributed by atoms with Gasteiger partial charge in [0.15, 0.2) is 0 Å². The summed E-state index contributed by atoms with van der Waals surface area (Å²) < 4.78 is 1.70. The highest BCUT2D eigenvalue weighted by Crippen LogP contribution is 2.21. The molecular weight excluding hydrogens is 348 g/mol. The Balaban J connectivity index is 2.61. The summed E-state index contributed by atoms with van der Waals surface area (Å²) in [6, 6.07) is 5.56. The Morgan fingerprint density at radius 1 is 1.35 bits per heavy atom. The van der Waals surface area contributed by atoms with Crippen molar-refractivity contribution in [2.75, 3.05) is 20.1 Å². The molecule has 0 saturated carbocycles. The molecule has 94 valence electrons. The molecule has 1 rings (SSSR count). The molecular formula is C12H16Br2N2O. The van der Waals surface area contributed by atoms with Crippen molar-refractivity contribution in [1.82, 2.24) is 10.6 Å². The summed E-state index contributed by atoms with van der Waals surface area (Å²) in [5, 5.41) is 6.01. The maximum atomic E-state index is 11.9. The molecule has 1 aromatic carbocycles. The second-order valence-electron chi connectivity index (χ2n) is 4.00. The van der Waals surface area contributed by atoms with Gasteiger partial charge in [-0.05, 0) is 53.6 Å². The highest BCUT2D eigenvalue weighted by molar-refractivity contribution is 9.11. The molecule has 0 bridgehead atoms. The number of nitrogens with one attached hydrogen (secondary N) is 2. The first-order valence-corrected chi connectivity index (χ1v) is 7.01. The van der Waals surface area contributed by atoms with Crippen LogP contribution in [0.5, 0.6) is 0 Å². The van der Waals surface area contributed by atoms with Crippen LogP contribution in [-0.2, 0) is 0 Å². The van der Waals surface area contributed by atoms with Gasteiger partial charge in [-0.2, -0.15) is 0 Å². The zero-order chi connectivity index (χ0) is 12.8.